The van der Waals surface area contributed by atoms with Crippen LogP contribution in [0.1, 0.15) is 32.3 Å². The SMILES string of the molecule is CC(C)NC[C@H](C)c1ccccc1. The van der Waals surface area contributed by atoms with Crippen molar-refractivity contribution in [2.24, 2.45) is 0 Å². The predicted molar refractivity (Wildman–Crippen MR) is 58.0 cm³/mol. The maximum absolute atomic E-state index is 3.44. The van der Waals surface area contributed by atoms with Crippen LogP contribution in [0.2, 0.25) is 0 Å². The minimum Gasteiger partial charge on any atom is -0.314 e. The molecule has 13 heavy (non-hydrogen) atoms. The van der Waals surface area contributed by atoms with Gasteiger partial charge in [0.05, 0.1) is 0 Å². The fourth-order valence-electron chi connectivity index (χ4n) is 1.31. The Bertz CT molecular complexity index is 228. The van der Waals surface area contributed by atoms with Crippen LogP contribution in [0, 0.1) is 0 Å². The molecule has 1 aromatic rings. The second-order valence-corrected chi connectivity index (χ2v) is 3.87. The molecule has 0 aliphatic carbocycles. The van der Waals surface area contributed by atoms with Gasteiger partial charge in [0.25, 0.3) is 0 Å². The molecule has 0 heterocycles. The first kappa shape index (κ1) is 10.3. The standard InChI is InChI=1S/C12H19N/c1-10(2)13-9-11(3)12-7-5-4-6-8-12/h4-8,10-11,13H,9H2,1-3H3/t11-/m0/s1. The Balaban J connectivity index is 2.44. The van der Waals surface area contributed by atoms with Crippen LogP contribution in [0.5, 0.6) is 0 Å². The quantitative estimate of drug-likeness (QED) is 0.745. The first-order chi connectivity index (χ1) is 6.20. The molecule has 1 heteroatoms. The van der Waals surface area contributed by atoms with E-state index in [-0.39, 0.29) is 0 Å². The first-order valence-corrected chi connectivity index (χ1v) is 4.98. The van der Waals surface area contributed by atoms with Crippen LogP contribution in [0.25, 0.3) is 0 Å². The molecule has 0 unspecified atom stereocenters. The van der Waals surface area contributed by atoms with Gasteiger partial charge < -0.3 is 5.32 Å². The molecule has 0 saturated heterocycles. The normalized spacial score (nSPS) is 13.2. The lowest BCUT2D eigenvalue weighted by molar-refractivity contribution is 0.548. The molecule has 1 aromatic carbocycles. The van der Waals surface area contributed by atoms with Crippen molar-refractivity contribution in [2.45, 2.75) is 32.7 Å². The largest absolute Gasteiger partial charge is 0.314 e. The summed E-state index contributed by atoms with van der Waals surface area (Å²) in [4.78, 5) is 0. The van der Waals surface area contributed by atoms with Gasteiger partial charge in [0.1, 0.15) is 0 Å². The van der Waals surface area contributed by atoms with Crippen LogP contribution in [0.15, 0.2) is 30.3 Å². The van der Waals surface area contributed by atoms with E-state index < -0.39 is 0 Å². The van der Waals surface area contributed by atoms with Gasteiger partial charge in [-0.25, -0.2) is 0 Å². The second-order valence-electron chi connectivity index (χ2n) is 3.87. The molecule has 72 valence electrons. The third kappa shape index (κ3) is 3.60. The van der Waals surface area contributed by atoms with E-state index >= 15 is 0 Å². The highest BCUT2D eigenvalue weighted by atomic mass is 14.9. The van der Waals surface area contributed by atoms with Crippen molar-refractivity contribution >= 4 is 0 Å². The molecule has 0 aromatic heterocycles. The Morgan fingerprint density at radius 1 is 1.08 bits per heavy atom. The number of benzene rings is 1. The molecule has 0 aliphatic rings. The van der Waals surface area contributed by atoms with Crippen LogP contribution >= 0.6 is 0 Å². The summed E-state index contributed by atoms with van der Waals surface area (Å²) in [5.74, 6) is 0.601. The minimum absolute atomic E-state index is 0.575. The van der Waals surface area contributed by atoms with Crippen molar-refractivity contribution in [3.05, 3.63) is 35.9 Å². The summed E-state index contributed by atoms with van der Waals surface area (Å²) in [6.07, 6.45) is 0. The average Bonchev–Trinajstić information content (AvgIpc) is 2.15. The third-order valence-corrected chi connectivity index (χ3v) is 2.20. The molecule has 0 fully saturated rings. The smallest absolute Gasteiger partial charge is 0.00198 e. The molecule has 1 nitrogen and oxygen atoms in total. The van der Waals surface area contributed by atoms with E-state index in [9.17, 15) is 0 Å². The van der Waals surface area contributed by atoms with Gasteiger partial charge in [-0.3, -0.25) is 0 Å². The highest BCUT2D eigenvalue weighted by Gasteiger charge is 2.04. The van der Waals surface area contributed by atoms with Gasteiger partial charge in [0.15, 0.2) is 0 Å². The van der Waals surface area contributed by atoms with Crippen LogP contribution in [-0.4, -0.2) is 12.6 Å². The fraction of sp³-hybridized carbons (Fsp3) is 0.500. The number of hydrogen-bond donors (Lipinski definition) is 1. The van der Waals surface area contributed by atoms with Crippen molar-refractivity contribution in [1.82, 2.24) is 5.32 Å². The maximum atomic E-state index is 3.44. The van der Waals surface area contributed by atoms with E-state index in [2.05, 4.69) is 56.4 Å². The lowest BCUT2D eigenvalue weighted by Crippen LogP contribution is -2.26. The second kappa shape index (κ2) is 5.03. The molecule has 0 bridgehead atoms. The Kier molecular flexibility index (Phi) is 3.97. The molecular formula is C12H19N. The molecule has 0 aliphatic heterocycles. The van der Waals surface area contributed by atoms with Gasteiger partial charge in [-0.15, -0.1) is 0 Å². The number of hydrogen-bond acceptors (Lipinski definition) is 1. The Morgan fingerprint density at radius 3 is 2.23 bits per heavy atom. The van der Waals surface area contributed by atoms with Crippen molar-refractivity contribution in [3.63, 3.8) is 0 Å². The van der Waals surface area contributed by atoms with E-state index in [1.54, 1.807) is 0 Å². The Labute approximate surface area is 81.2 Å². The van der Waals surface area contributed by atoms with Gasteiger partial charge in [-0.1, -0.05) is 51.1 Å². The Hall–Kier alpha value is -0.820. The van der Waals surface area contributed by atoms with Crippen molar-refractivity contribution in [2.75, 3.05) is 6.54 Å². The molecule has 0 saturated carbocycles. The van der Waals surface area contributed by atoms with Gasteiger partial charge in [0, 0.05) is 12.6 Å². The summed E-state index contributed by atoms with van der Waals surface area (Å²) < 4.78 is 0. The van der Waals surface area contributed by atoms with Gasteiger partial charge in [0.2, 0.25) is 0 Å². The number of rotatable bonds is 4. The van der Waals surface area contributed by atoms with Crippen LogP contribution in [0.4, 0.5) is 0 Å². The molecule has 1 rings (SSSR count). The molecule has 0 amide bonds. The van der Waals surface area contributed by atoms with Gasteiger partial charge in [-0.2, -0.15) is 0 Å². The first-order valence-electron chi connectivity index (χ1n) is 4.98. The van der Waals surface area contributed by atoms with Crippen molar-refractivity contribution < 1.29 is 0 Å². The Morgan fingerprint density at radius 2 is 1.69 bits per heavy atom. The summed E-state index contributed by atoms with van der Waals surface area (Å²) in [6, 6.07) is 11.2. The lowest BCUT2D eigenvalue weighted by atomic mass is 10.0. The maximum Gasteiger partial charge on any atom is 0.00198 e. The predicted octanol–water partition coefficient (Wildman–Crippen LogP) is 2.79. The van der Waals surface area contributed by atoms with E-state index in [0.29, 0.717) is 12.0 Å². The summed E-state index contributed by atoms with van der Waals surface area (Å²) in [5, 5.41) is 3.44. The topological polar surface area (TPSA) is 12.0 Å². The van der Waals surface area contributed by atoms with Crippen LogP contribution < -0.4 is 5.32 Å². The minimum atomic E-state index is 0.575. The van der Waals surface area contributed by atoms with E-state index in [1.165, 1.54) is 5.56 Å². The summed E-state index contributed by atoms with van der Waals surface area (Å²) >= 11 is 0. The summed E-state index contributed by atoms with van der Waals surface area (Å²) in [6.45, 7) is 7.67. The van der Waals surface area contributed by atoms with Gasteiger partial charge >= 0.3 is 0 Å². The monoisotopic (exact) mass is 177 g/mol. The highest BCUT2D eigenvalue weighted by Crippen LogP contribution is 2.12. The van der Waals surface area contributed by atoms with Crippen molar-refractivity contribution in [1.29, 1.82) is 0 Å². The average molecular weight is 177 g/mol. The summed E-state index contributed by atoms with van der Waals surface area (Å²) in [7, 11) is 0. The molecule has 0 radical (unpaired) electrons. The lowest BCUT2D eigenvalue weighted by Gasteiger charge is -2.14. The highest BCUT2D eigenvalue weighted by molar-refractivity contribution is 5.18. The molecule has 1 N–H and O–H groups in total. The summed E-state index contributed by atoms with van der Waals surface area (Å²) in [5.41, 5.74) is 1.41. The number of nitrogens with one attached hydrogen (secondary N) is 1. The zero-order chi connectivity index (χ0) is 9.68. The molecular weight excluding hydrogens is 158 g/mol. The van der Waals surface area contributed by atoms with E-state index in [4.69, 9.17) is 0 Å². The zero-order valence-electron chi connectivity index (χ0n) is 8.75. The molecule has 1 atom stereocenters. The van der Waals surface area contributed by atoms with E-state index in [0.717, 1.165) is 6.54 Å². The van der Waals surface area contributed by atoms with Crippen molar-refractivity contribution in [3.8, 4) is 0 Å². The molecule has 0 spiro atoms. The van der Waals surface area contributed by atoms with Crippen LogP contribution in [0.3, 0.4) is 0 Å². The van der Waals surface area contributed by atoms with Gasteiger partial charge in [-0.05, 0) is 11.5 Å². The zero-order valence-corrected chi connectivity index (χ0v) is 8.75. The third-order valence-electron chi connectivity index (χ3n) is 2.20. The van der Waals surface area contributed by atoms with Crippen LogP contribution in [-0.2, 0) is 0 Å². The van der Waals surface area contributed by atoms with E-state index in [1.807, 2.05) is 0 Å². The fourth-order valence-corrected chi connectivity index (χ4v) is 1.31.